The zero-order valence-corrected chi connectivity index (χ0v) is 12.6. The largest absolute Gasteiger partial charge is 0.401 e. The minimum Gasteiger partial charge on any atom is -0.343 e. The Morgan fingerprint density at radius 1 is 1.30 bits per heavy atom. The summed E-state index contributed by atoms with van der Waals surface area (Å²) >= 11 is 0. The van der Waals surface area contributed by atoms with Crippen molar-refractivity contribution in [1.29, 1.82) is 0 Å². The third-order valence-corrected chi connectivity index (χ3v) is 3.53. The molecule has 1 fully saturated rings. The second-order valence-electron chi connectivity index (χ2n) is 5.47. The number of para-hydroxylation sites is 1. The van der Waals surface area contributed by atoms with Gasteiger partial charge in [-0.2, -0.15) is 13.2 Å². The highest BCUT2D eigenvalue weighted by Gasteiger charge is 2.38. The van der Waals surface area contributed by atoms with Crippen molar-refractivity contribution in [2.45, 2.75) is 31.6 Å². The first-order valence-electron chi connectivity index (χ1n) is 7.23. The fourth-order valence-electron chi connectivity index (χ4n) is 2.59. The normalized spacial score (nSPS) is 21.6. The van der Waals surface area contributed by atoms with Crippen molar-refractivity contribution in [2.24, 2.45) is 0 Å². The van der Waals surface area contributed by atoms with Crippen LogP contribution in [0.3, 0.4) is 0 Å². The second-order valence-corrected chi connectivity index (χ2v) is 5.47. The van der Waals surface area contributed by atoms with E-state index in [1.54, 1.807) is 17.0 Å². The first-order valence-corrected chi connectivity index (χ1v) is 7.23. The number of hydrogen-bond acceptors (Lipinski definition) is 3. The quantitative estimate of drug-likeness (QED) is 0.859. The van der Waals surface area contributed by atoms with Gasteiger partial charge in [-0.05, 0) is 25.5 Å². The summed E-state index contributed by atoms with van der Waals surface area (Å²) in [6, 6.07) is 8.22. The maximum atomic E-state index is 12.4. The Morgan fingerprint density at radius 2 is 1.96 bits per heavy atom. The molecule has 0 saturated carbocycles. The Labute approximate surface area is 131 Å². The lowest BCUT2D eigenvalue weighted by atomic mass is 10.2. The lowest BCUT2D eigenvalue weighted by Crippen LogP contribution is -2.46. The van der Waals surface area contributed by atoms with Gasteiger partial charge in [0.2, 0.25) is 11.8 Å². The molecular formula is C15H18F3N3O2. The van der Waals surface area contributed by atoms with Crippen molar-refractivity contribution in [3.05, 3.63) is 30.3 Å². The molecule has 0 aliphatic carbocycles. The Morgan fingerprint density at radius 3 is 2.57 bits per heavy atom. The van der Waals surface area contributed by atoms with Gasteiger partial charge in [-0.15, -0.1) is 0 Å². The van der Waals surface area contributed by atoms with Crippen molar-refractivity contribution < 1.29 is 22.8 Å². The number of carbonyl (C=O) groups excluding carboxylic acids is 2. The SMILES string of the molecule is C[C@@H]1C[C@H](NC(=O)CNCC(F)(F)F)C(=O)N1c1ccccc1. The molecule has 1 aliphatic rings. The highest BCUT2D eigenvalue weighted by molar-refractivity contribution is 6.02. The zero-order chi connectivity index (χ0) is 17.0. The van der Waals surface area contributed by atoms with E-state index in [9.17, 15) is 22.8 Å². The zero-order valence-electron chi connectivity index (χ0n) is 12.6. The Balaban J connectivity index is 1.90. The van der Waals surface area contributed by atoms with Gasteiger partial charge in [-0.1, -0.05) is 18.2 Å². The van der Waals surface area contributed by atoms with E-state index in [1.807, 2.05) is 30.4 Å². The van der Waals surface area contributed by atoms with Gasteiger partial charge < -0.3 is 15.5 Å². The highest BCUT2D eigenvalue weighted by Crippen LogP contribution is 2.26. The van der Waals surface area contributed by atoms with Gasteiger partial charge >= 0.3 is 6.18 Å². The molecule has 8 heteroatoms. The van der Waals surface area contributed by atoms with Crippen molar-refractivity contribution in [1.82, 2.24) is 10.6 Å². The maximum Gasteiger partial charge on any atom is 0.401 e. The van der Waals surface area contributed by atoms with E-state index in [1.165, 1.54) is 0 Å². The number of halogens is 3. The minimum absolute atomic E-state index is 0.0988. The van der Waals surface area contributed by atoms with Crippen LogP contribution in [0.2, 0.25) is 0 Å². The van der Waals surface area contributed by atoms with Gasteiger partial charge in [0.15, 0.2) is 0 Å². The number of hydrogen-bond donors (Lipinski definition) is 2. The van der Waals surface area contributed by atoms with Gasteiger partial charge in [0.1, 0.15) is 6.04 Å². The van der Waals surface area contributed by atoms with Crippen LogP contribution in [-0.2, 0) is 9.59 Å². The monoisotopic (exact) mass is 329 g/mol. The molecule has 0 bridgehead atoms. The Hall–Kier alpha value is -2.09. The predicted molar refractivity (Wildman–Crippen MR) is 78.9 cm³/mol. The molecular weight excluding hydrogens is 311 g/mol. The number of nitrogens with one attached hydrogen (secondary N) is 2. The number of amides is 2. The lowest BCUT2D eigenvalue weighted by molar-refractivity contribution is -0.130. The average molecular weight is 329 g/mol. The van der Waals surface area contributed by atoms with Gasteiger partial charge in [0.25, 0.3) is 0 Å². The number of alkyl halides is 3. The number of rotatable bonds is 5. The molecule has 126 valence electrons. The molecule has 2 N–H and O–H groups in total. The van der Waals surface area contributed by atoms with Crippen LogP contribution < -0.4 is 15.5 Å². The van der Waals surface area contributed by atoms with Crippen molar-refractivity contribution in [3.8, 4) is 0 Å². The number of carbonyl (C=O) groups is 2. The Kier molecular flexibility index (Phi) is 5.25. The molecule has 23 heavy (non-hydrogen) atoms. The van der Waals surface area contributed by atoms with Gasteiger partial charge in [0, 0.05) is 11.7 Å². The summed E-state index contributed by atoms with van der Waals surface area (Å²) in [6.07, 6.45) is -3.96. The van der Waals surface area contributed by atoms with E-state index in [-0.39, 0.29) is 11.9 Å². The van der Waals surface area contributed by atoms with E-state index in [0.717, 1.165) is 5.69 Å². The first kappa shape index (κ1) is 17.3. The second kappa shape index (κ2) is 6.99. The number of anilines is 1. The molecule has 0 unspecified atom stereocenters. The van der Waals surface area contributed by atoms with Crippen LogP contribution in [0.1, 0.15) is 13.3 Å². The summed E-state index contributed by atoms with van der Waals surface area (Å²) in [5.74, 6) is -0.886. The summed E-state index contributed by atoms with van der Waals surface area (Å²) in [5, 5.41) is 4.49. The summed E-state index contributed by atoms with van der Waals surface area (Å²) < 4.78 is 36.0. The van der Waals surface area contributed by atoms with Gasteiger partial charge in [0.05, 0.1) is 13.1 Å². The first-order chi connectivity index (χ1) is 10.8. The average Bonchev–Trinajstić information content (AvgIpc) is 2.73. The van der Waals surface area contributed by atoms with E-state index >= 15 is 0 Å². The van der Waals surface area contributed by atoms with Crippen LogP contribution in [0.4, 0.5) is 18.9 Å². The predicted octanol–water partition coefficient (Wildman–Crippen LogP) is 1.45. The third kappa shape index (κ3) is 4.69. The smallest absolute Gasteiger partial charge is 0.343 e. The fraction of sp³-hybridized carbons (Fsp3) is 0.467. The van der Waals surface area contributed by atoms with Crippen LogP contribution in [0.25, 0.3) is 0 Å². The van der Waals surface area contributed by atoms with Crippen LogP contribution in [0.15, 0.2) is 30.3 Å². The molecule has 1 heterocycles. The van der Waals surface area contributed by atoms with Gasteiger partial charge in [-0.3, -0.25) is 9.59 Å². The summed E-state index contributed by atoms with van der Waals surface area (Å²) in [4.78, 5) is 25.7. The Bertz CT molecular complexity index is 563. The standard InChI is InChI=1S/C15H18F3N3O2/c1-10-7-12(20-13(22)8-19-9-15(16,17)18)14(23)21(10)11-5-3-2-4-6-11/h2-6,10,12,19H,7-9H2,1H3,(H,20,22)/t10-,12+/m1/s1. The minimum atomic E-state index is -4.37. The molecule has 1 aromatic rings. The van der Waals surface area contributed by atoms with Crippen LogP contribution >= 0.6 is 0 Å². The molecule has 0 spiro atoms. The molecule has 1 saturated heterocycles. The summed E-state index contributed by atoms with van der Waals surface area (Å²) in [7, 11) is 0. The van der Waals surface area contributed by atoms with Crippen molar-refractivity contribution in [3.63, 3.8) is 0 Å². The van der Waals surface area contributed by atoms with E-state index in [4.69, 9.17) is 0 Å². The molecule has 2 amide bonds. The maximum absolute atomic E-state index is 12.4. The van der Waals surface area contributed by atoms with Crippen LogP contribution in [-0.4, -0.2) is 43.2 Å². The molecule has 2 atom stereocenters. The number of nitrogens with zero attached hydrogens (tertiary/aromatic N) is 1. The molecule has 0 aromatic heterocycles. The molecule has 0 radical (unpaired) electrons. The molecule has 1 aliphatic heterocycles. The fourth-order valence-corrected chi connectivity index (χ4v) is 2.59. The number of benzene rings is 1. The molecule has 5 nitrogen and oxygen atoms in total. The van der Waals surface area contributed by atoms with Gasteiger partial charge in [-0.25, -0.2) is 0 Å². The highest BCUT2D eigenvalue weighted by atomic mass is 19.4. The lowest BCUT2D eigenvalue weighted by Gasteiger charge is -2.21. The molecule has 1 aromatic carbocycles. The van der Waals surface area contributed by atoms with E-state index in [0.29, 0.717) is 6.42 Å². The summed E-state index contributed by atoms with van der Waals surface area (Å²) in [6.45, 7) is 0.132. The van der Waals surface area contributed by atoms with E-state index in [2.05, 4.69) is 5.32 Å². The molecule has 2 rings (SSSR count). The van der Waals surface area contributed by atoms with Crippen LogP contribution in [0.5, 0.6) is 0 Å². The topological polar surface area (TPSA) is 61.4 Å². The van der Waals surface area contributed by atoms with Crippen molar-refractivity contribution >= 4 is 17.5 Å². The van der Waals surface area contributed by atoms with Crippen molar-refractivity contribution in [2.75, 3.05) is 18.0 Å². The van der Waals surface area contributed by atoms with E-state index < -0.39 is 31.2 Å². The van der Waals surface area contributed by atoms with Crippen LogP contribution in [0, 0.1) is 0 Å². The summed E-state index contributed by atoms with van der Waals surface area (Å²) in [5.41, 5.74) is 0.733. The third-order valence-electron chi connectivity index (χ3n) is 3.53.